The zero-order chi connectivity index (χ0) is 9.10. The van der Waals surface area contributed by atoms with Gasteiger partial charge in [0.05, 0.1) is 11.8 Å². The summed E-state index contributed by atoms with van der Waals surface area (Å²) in [5, 5.41) is 0. The summed E-state index contributed by atoms with van der Waals surface area (Å²) >= 11 is 0. The Bertz CT molecular complexity index is 406. The van der Waals surface area contributed by atoms with Crippen LogP contribution >= 0.6 is 0 Å². The Balaban J connectivity index is 2.36. The molecule has 2 heterocycles. The molecular formula is C9H8N2O2. The van der Waals surface area contributed by atoms with E-state index in [4.69, 9.17) is 4.74 Å². The fraction of sp³-hybridized carbons (Fsp3) is 0.111. The first-order valence-corrected chi connectivity index (χ1v) is 3.89. The van der Waals surface area contributed by atoms with Crippen molar-refractivity contribution in [1.82, 2.24) is 4.98 Å². The summed E-state index contributed by atoms with van der Waals surface area (Å²) in [5.74, 6) is 0. The van der Waals surface area contributed by atoms with Gasteiger partial charge in [-0.1, -0.05) is 0 Å². The van der Waals surface area contributed by atoms with Crippen LogP contribution in [0.1, 0.15) is 11.7 Å². The predicted octanol–water partition coefficient (Wildman–Crippen LogP) is 0.988. The Morgan fingerprint density at radius 1 is 1.54 bits per heavy atom. The predicted molar refractivity (Wildman–Crippen MR) is 48.5 cm³/mol. The lowest BCUT2D eigenvalue weighted by Crippen LogP contribution is -2.17. The van der Waals surface area contributed by atoms with E-state index in [9.17, 15) is 4.79 Å². The fourth-order valence-corrected chi connectivity index (χ4v) is 1.13. The largest absolute Gasteiger partial charge is 0.486 e. The van der Waals surface area contributed by atoms with Gasteiger partial charge in [0.2, 0.25) is 0 Å². The minimum atomic E-state index is -0.366. The highest BCUT2D eigenvalue weighted by Crippen LogP contribution is 2.13. The second-order valence-corrected chi connectivity index (χ2v) is 2.59. The molecule has 1 atom stereocenters. The maximum Gasteiger partial charge on any atom is 0.255 e. The van der Waals surface area contributed by atoms with Crippen LogP contribution in [0.15, 0.2) is 40.6 Å². The standard InChI is InChI=1S/C9H8N2O2/c12-9-7(2-1-3-11-9)8-6-10-4-5-13-8/h1-6,8H,(H,11,12). The zero-order valence-corrected chi connectivity index (χ0v) is 6.81. The molecule has 0 saturated carbocycles. The van der Waals surface area contributed by atoms with Crippen LogP contribution in [0.2, 0.25) is 0 Å². The second kappa shape index (κ2) is 3.26. The molecule has 0 radical (unpaired) electrons. The maximum atomic E-state index is 11.3. The third kappa shape index (κ3) is 1.51. The van der Waals surface area contributed by atoms with E-state index in [0.29, 0.717) is 5.56 Å². The third-order valence-corrected chi connectivity index (χ3v) is 1.75. The number of hydrogen-bond donors (Lipinski definition) is 1. The van der Waals surface area contributed by atoms with Crippen LogP contribution in [0.4, 0.5) is 0 Å². The highest BCUT2D eigenvalue weighted by molar-refractivity contribution is 5.67. The summed E-state index contributed by atoms with van der Waals surface area (Å²) in [7, 11) is 0. The Morgan fingerprint density at radius 3 is 3.15 bits per heavy atom. The van der Waals surface area contributed by atoms with E-state index >= 15 is 0 Å². The number of rotatable bonds is 1. The van der Waals surface area contributed by atoms with E-state index in [1.165, 1.54) is 12.5 Å². The molecule has 66 valence electrons. The van der Waals surface area contributed by atoms with Gasteiger partial charge in [0.25, 0.3) is 5.56 Å². The van der Waals surface area contributed by atoms with Gasteiger partial charge in [0.1, 0.15) is 6.26 Å². The minimum absolute atomic E-state index is 0.144. The molecule has 0 bridgehead atoms. The van der Waals surface area contributed by atoms with Gasteiger partial charge in [-0.2, -0.15) is 0 Å². The van der Waals surface area contributed by atoms with Gasteiger partial charge < -0.3 is 9.72 Å². The molecule has 2 rings (SSSR count). The van der Waals surface area contributed by atoms with Crippen LogP contribution in [0.3, 0.4) is 0 Å². The first-order valence-electron chi connectivity index (χ1n) is 3.89. The molecule has 13 heavy (non-hydrogen) atoms. The van der Waals surface area contributed by atoms with Gasteiger partial charge in [0, 0.05) is 12.4 Å². The first-order chi connectivity index (χ1) is 6.38. The lowest BCUT2D eigenvalue weighted by molar-refractivity contribution is 0.205. The molecule has 0 amide bonds. The number of H-pyrrole nitrogens is 1. The van der Waals surface area contributed by atoms with Crippen LogP contribution in [-0.4, -0.2) is 11.2 Å². The Morgan fingerprint density at radius 2 is 2.46 bits per heavy atom. The van der Waals surface area contributed by atoms with Crippen LogP contribution in [0.25, 0.3) is 0 Å². The van der Waals surface area contributed by atoms with Crippen LogP contribution in [0.5, 0.6) is 0 Å². The Labute approximate surface area is 74.6 Å². The van der Waals surface area contributed by atoms with Crippen molar-refractivity contribution in [3.63, 3.8) is 0 Å². The highest BCUT2D eigenvalue weighted by Gasteiger charge is 2.13. The van der Waals surface area contributed by atoms with Gasteiger partial charge in [-0.3, -0.25) is 9.79 Å². The molecule has 4 nitrogen and oxygen atoms in total. The molecule has 1 aromatic heterocycles. The van der Waals surface area contributed by atoms with E-state index in [-0.39, 0.29) is 11.7 Å². The van der Waals surface area contributed by atoms with Crippen LogP contribution < -0.4 is 5.56 Å². The number of hydrogen-bond acceptors (Lipinski definition) is 3. The molecular weight excluding hydrogens is 168 g/mol. The molecule has 0 saturated heterocycles. The van der Waals surface area contributed by atoms with Gasteiger partial charge in [-0.05, 0) is 12.1 Å². The van der Waals surface area contributed by atoms with Crippen molar-refractivity contribution in [3.8, 4) is 0 Å². The van der Waals surface area contributed by atoms with Gasteiger partial charge in [-0.25, -0.2) is 0 Å². The number of aromatic nitrogens is 1. The Kier molecular flexibility index (Phi) is 1.96. The summed E-state index contributed by atoms with van der Waals surface area (Å²) in [5.41, 5.74) is 0.421. The molecule has 1 aliphatic rings. The van der Waals surface area contributed by atoms with Crippen molar-refractivity contribution in [2.75, 3.05) is 0 Å². The van der Waals surface area contributed by atoms with Crippen molar-refractivity contribution in [2.45, 2.75) is 6.10 Å². The smallest absolute Gasteiger partial charge is 0.255 e. The van der Waals surface area contributed by atoms with E-state index in [2.05, 4.69) is 9.98 Å². The Hall–Kier alpha value is -1.84. The lowest BCUT2D eigenvalue weighted by Gasteiger charge is -2.12. The topological polar surface area (TPSA) is 54.5 Å². The van der Waals surface area contributed by atoms with E-state index in [1.807, 2.05) is 0 Å². The van der Waals surface area contributed by atoms with Crippen LogP contribution in [0, 0.1) is 0 Å². The molecule has 0 aliphatic carbocycles. The van der Waals surface area contributed by atoms with Crippen molar-refractivity contribution >= 4 is 6.21 Å². The normalized spacial score (nSPS) is 19.8. The molecule has 1 aromatic rings. The quantitative estimate of drug-likeness (QED) is 0.693. The molecule has 0 fully saturated rings. The van der Waals surface area contributed by atoms with Crippen molar-refractivity contribution in [2.24, 2.45) is 4.99 Å². The van der Waals surface area contributed by atoms with Gasteiger partial charge in [-0.15, -0.1) is 0 Å². The second-order valence-electron chi connectivity index (χ2n) is 2.59. The van der Waals surface area contributed by atoms with Gasteiger partial charge in [0.15, 0.2) is 6.10 Å². The molecule has 1 N–H and O–H groups in total. The number of ether oxygens (including phenoxy) is 1. The average Bonchev–Trinajstić information content (AvgIpc) is 2.20. The number of pyridine rings is 1. The van der Waals surface area contributed by atoms with E-state index < -0.39 is 0 Å². The number of aliphatic imine (C=N–C) groups is 1. The molecule has 0 spiro atoms. The fourth-order valence-electron chi connectivity index (χ4n) is 1.13. The summed E-state index contributed by atoms with van der Waals surface area (Å²) < 4.78 is 5.19. The monoisotopic (exact) mass is 176 g/mol. The first kappa shape index (κ1) is 7.79. The van der Waals surface area contributed by atoms with Crippen molar-refractivity contribution < 1.29 is 4.74 Å². The average molecular weight is 176 g/mol. The molecule has 1 aliphatic heterocycles. The van der Waals surface area contributed by atoms with Crippen molar-refractivity contribution in [3.05, 3.63) is 46.7 Å². The molecule has 1 unspecified atom stereocenters. The van der Waals surface area contributed by atoms with E-state index in [1.54, 1.807) is 24.5 Å². The maximum absolute atomic E-state index is 11.3. The number of nitrogens with one attached hydrogen (secondary N) is 1. The summed E-state index contributed by atoms with van der Waals surface area (Å²) in [6.45, 7) is 0. The lowest BCUT2D eigenvalue weighted by atomic mass is 10.2. The molecule has 4 heteroatoms. The molecule has 0 aromatic carbocycles. The minimum Gasteiger partial charge on any atom is -0.486 e. The number of aromatic amines is 1. The zero-order valence-electron chi connectivity index (χ0n) is 6.81. The highest BCUT2D eigenvalue weighted by atomic mass is 16.5. The SMILES string of the molecule is O=c1[nH]cccc1C1C=NC=CO1. The van der Waals surface area contributed by atoms with Gasteiger partial charge >= 0.3 is 0 Å². The summed E-state index contributed by atoms with van der Waals surface area (Å²) in [4.78, 5) is 17.8. The number of nitrogens with zero attached hydrogens (tertiary/aromatic N) is 1. The van der Waals surface area contributed by atoms with Crippen LogP contribution in [-0.2, 0) is 4.74 Å². The van der Waals surface area contributed by atoms with E-state index in [0.717, 1.165) is 0 Å². The summed E-state index contributed by atoms with van der Waals surface area (Å²) in [6.07, 6.45) is 5.81. The van der Waals surface area contributed by atoms with Crippen molar-refractivity contribution in [1.29, 1.82) is 0 Å². The third-order valence-electron chi connectivity index (χ3n) is 1.75. The summed E-state index contributed by atoms with van der Waals surface area (Å²) in [6, 6.07) is 3.47.